The Hall–Kier alpha value is -2.09. The maximum atomic E-state index is 11.1. The lowest BCUT2D eigenvalue weighted by Crippen LogP contribution is -2.06. The number of anilines is 1. The third kappa shape index (κ3) is 2.71. The fraction of sp³-hybridized carbons (Fsp3) is 0.385. The van der Waals surface area contributed by atoms with Gasteiger partial charge in [-0.2, -0.15) is 0 Å². The predicted octanol–water partition coefficient (Wildman–Crippen LogP) is 1.83. The Labute approximate surface area is 125 Å². The zero-order chi connectivity index (χ0) is 14.8. The molecule has 2 aromatic heterocycles. The molecule has 21 heavy (non-hydrogen) atoms. The summed E-state index contributed by atoms with van der Waals surface area (Å²) in [6, 6.07) is 1.39. The maximum Gasteiger partial charge on any atom is 0.337 e. The van der Waals surface area contributed by atoms with Crippen LogP contribution in [0.25, 0.3) is 0 Å². The highest BCUT2D eigenvalue weighted by Gasteiger charge is 2.19. The van der Waals surface area contributed by atoms with Crippen LogP contribution in [0.1, 0.15) is 35.4 Å². The molecule has 1 aliphatic heterocycles. The van der Waals surface area contributed by atoms with Crippen LogP contribution in [0.2, 0.25) is 0 Å². The average Bonchev–Trinajstić information content (AvgIpc) is 2.69. The second kappa shape index (κ2) is 5.72. The van der Waals surface area contributed by atoms with Gasteiger partial charge in [0.05, 0.1) is 11.3 Å². The minimum atomic E-state index is -1.06. The highest BCUT2D eigenvalue weighted by Crippen LogP contribution is 2.32. The zero-order valence-corrected chi connectivity index (χ0v) is 12.1. The number of nitrogen functional groups attached to an aromatic ring is 1. The number of nitrogens with zero attached hydrogens (tertiary/aromatic N) is 4. The Morgan fingerprint density at radius 3 is 3.00 bits per heavy atom. The summed E-state index contributed by atoms with van der Waals surface area (Å²) in [6.07, 6.45) is 5.77. The summed E-state index contributed by atoms with van der Waals surface area (Å²) in [7, 11) is 0. The minimum absolute atomic E-state index is 0.0584. The Morgan fingerprint density at radius 1 is 1.33 bits per heavy atom. The van der Waals surface area contributed by atoms with Gasteiger partial charge in [0, 0.05) is 19.2 Å². The standard InChI is InChI=1S/C13H15N5O2S/c14-10-8(12(19)20)5-6-15-11(10)21-13-17-16-9-4-2-1-3-7-18(9)13/h5-6H,1-4,7,14H2,(H,19,20). The molecule has 0 fully saturated rings. The van der Waals surface area contributed by atoms with Gasteiger partial charge in [0.1, 0.15) is 10.9 Å². The van der Waals surface area contributed by atoms with Crippen LogP contribution in [0.15, 0.2) is 22.4 Å². The van der Waals surface area contributed by atoms with Crippen LogP contribution in [-0.4, -0.2) is 30.8 Å². The van der Waals surface area contributed by atoms with E-state index >= 15 is 0 Å². The Bertz CT molecular complexity index is 685. The molecule has 0 bridgehead atoms. The molecule has 3 heterocycles. The maximum absolute atomic E-state index is 11.1. The molecule has 3 rings (SSSR count). The monoisotopic (exact) mass is 305 g/mol. The number of rotatable bonds is 3. The van der Waals surface area contributed by atoms with Crippen molar-refractivity contribution in [1.29, 1.82) is 0 Å². The number of aryl methyl sites for hydroxylation is 1. The fourth-order valence-electron chi connectivity index (χ4n) is 2.34. The van der Waals surface area contributed by atoms with E-state index in [1.807, 2.05) is 0 Å². The van der Waals surface area contributed by atoms with Gasteiger partial charge in [-0.05, 0) is 30.7 Å². The summed E-state index contributed by atoms with van der Waals surface area (Å²) < 4.78 is 2.08. The van der Waals surface area contributed by atoms with Crippen LogP contribution in [0.3, 0.4) is 0 Å². The summed E-state index contributed by atoms with van der Waals surface area (Å²) in [5, 5.41) is 18.7. The van der Waals surface area contributed by atoms with Crippen LogP contribution in [0, 0.1) is 0 Å². The highest BCUT2D eigenvalue weighted by atomic mass is 32.2. The summed E-state index contributed by atoms with van der Waals surface area (Å²) in [5.74, 6) is -0.0835. The number of aromatic nitrogens is 4. The first-order chi connectivity index (χ1) is 10.2. The second-order valence-corrected chi connectivity index (χ2v) is 5.80. The molecule has 0 amide bonds. The van der Waals surface area contributed by atoms with E-state index in [2.05, 4.69) is 19.7 Å². The van der Waals surface area contributed by atoms with E-state index in [4.69, 9.17) is 10.8 Å². The quantitative estimate of drug-likeness (QED) is 0.890. The van der Waals surface area contributed by atoms with Gasteiger partial charge in [0.2, 0.25) is 0 Å². The van der Waals surface area contributed by atoms with Crippen LogP contribution in [0.5, 0.6) is 0 Å². The lowest BCUT2D eigenvalue weighted by molar-refractivity contribution is 0.0697. The number of pyridine rings is 1. The molecule has 0 saturated carbocycles. The smallest absolute Gasteiger partial charge is 0.337 e. The molecule has 0 unspecified atom stereocenters. The van der Waals surface area contributed by atoms with Gasteiger partial charge >= 0.3 is 5.97 Å². The molecule has 2 aromatic rings. The SMILES string of the molecule is Nc1c(C(=O)O)ccnc1Sc1nnc2n1CCCCC2. The molecule has 7 nitrogen and oxygen atoms in total. The van der Waals surface area contributed by atoms with Gasteiger partial charge in [-0.25, -0.2) is 9.78 Å². The van der Waals surface area contributed by atoms with Crippen molar-refractivity contribution in [1.82, 2.24) is 19.7 Å². The number of hydrogen-bond donors (Lipinski definition) is 2. The third-order valence-corrected chi connectivity index (χ3v) is 4.45. The van der Waals surface area contributed by atoms with E-state index < -0.39 is 5.97 Å². The number of carboxylic acid groups (broad SMARTS) is 1. The van der Waals surface area contributed by atoms with Crippen molar-refractivity contribution >= 4 is 23.4 Å². The van der Waals surface area contributed by atoms with Crippen LogP contribution < -0.4 is 5.73 Å². The van der Waals surface area contributed by atoms with Gasteiger partial charge < -0.3 is 15.4 Å². The first kappa shape index (κ1) is 13.9. The molecule has 110 valence electrons. The van der Waals surface area contributed by atoms with Crippen molar-refractivity contribution in [3.8, 4) is 0 Å². The fourth-order valence-corrected chi connectivity index (χ4v) is 3.24. The lowest BCUT2D eigenvalue weighted by atomic mass is 10.2. The molecule has 0 aromatic carbocycles. The molecule has 3 N–H and O–H groups in total. The zero-order valence-electron chi connectivity index (χ0n) is 11.3. The van der Waals surface area contributed by atoms with Crippen molar-refractivity contribution < 1.29 is 9.90 Å². The Morgan fingerprint density at radius 2 is 2.19 bits per heavy atom. The molecular weight excluding hydrogens is 290 g/mol. The number of nitrogens with two attached hydrogens (primary N) is 1. The molecule has 0 atom stereocenters. The molecule has 0 saturated heterocycles. The number of carboxylic acids is 1. The second-order valence-electron chi connectivity index (χ2n) is 4.85. The third-order valence-electron chi connectivity index (χ3n) is 3.45. The Balaban J connectivity index is 1.93. The molecule has 1 aliphatic rings. The first-order valence-corrected chi connectivity index (χ1v) is 7.56. The van der Waals surface area contributed by atoms with Crippen molar-refractivity contribution in [2.24, 2.45) is 0 Å². The lowest BCUT2D eigenvalue weighted by Gasteiger charge is -2.08. The van der Waals surface area contributed by atoms with Crippen LogP contribution in [-0.2, 0) is 13.0 Å². The highest BCUT2D eigenvalue weighted by molar-refractivity contribution is 7.99. The molecule has 0 spiro atoms. The topological polar surface area (TPSA) is 107 Å². The molecule has 0 radical (unpaired) electrons. The molecular formula is C13H15N5O2S. The Kier molecular flexibility index (Phi) is 3.78. The van der Waals surface area contributed by atoms with Gasteiger partial charge in [-0.1, -0.05) is 6.42 Å². The summed E-state index contributed by atoms with van der Waals surface area (Å²) in [4.78, 5) is 15.3. The van der Waals surface area contributed by atoms with Crippen molar-refractivity contribution in [3.63, 3.8) is 0 Å². The molecule has 0 aliphatic carbocycles. The van der Waals surface area contributed by atoms with Crippen LogP contribution >= 0.6 is 11.8 Å². The van der Waals surface area contributed by atoms with Crippen molar-refractivity contribution in [3.05, 3.63) is 23.7 Å². The first-order valence-electron chi connectivity index (χ1n) is 6.74. The average molecular weight is 305 g/mol. The van der Waals surface area contributed by atoms with Gasteiger partial charge in [0.15, 0.2) is 5.16 Å². The van der Waals surface area contributed by atoms with E-state index in [0.29, 0.717) is 10.2 Å². The number of hydrogen-bond acceptors (Lipinski definition) is 6. The van der Waals surface area contributed by atoms with Crippen molar-refractivity contribution in [2.75, 3.05) is 5.73 Å². The molecule has 8 heteroatoms. The summed E-state index contributed by atoms with van der Waals surface area (Å²) >= 11 is 1.27. The minimum Gasteiger partial charge on any atom is -0.478 e. The van der Waals surface area contributed by atoms with Crippen molar-refractivity contribution in [2.45, 2.75) is 42.4 Å². The largest absolute Gasteiger partial charge is 0.478 e. The van der Waals surface area contributed by atoms with Crippen LogP contribution in [0.4, 0.5) is 5.69 Å². The predicted molar refractivity (Wildman–Crippen MR) is 77.3 cm³/mol. The number of aromatic carboxylic acids is 1. The number of fused-ring (bicyclic) bond motifs is 1. The van der Waals surface area contributed by atoms with E-state index in [-0.39, 0.29) is 11.3 Å². The number of carbonyl (C=O) groups is 1. The van der Waals surface area contributed by atoms with E-state index in [0.717, 1.165) is 31.6 Å². The van der Waals surface area contributed by atoms with Gasteiger partial charge in [-0.15, -0.1) is 10.2 Å². The van der Waals surface area contributed by atoms with Gasteiger partial charge in [-0.3, -0.25) is 0 Å². The van der Waals surface area contributed by atoms with E-state index in [1.165, 1.54) is 30.4 Å². The van der Waals surface area contributed by atoms with Gasteiger partial charge in [0.25, 0.3) is 0 Å². The van der Waals surface area contributed by atoms with E-state index in [1.54, 1.807) is 0 Å². The summed E-state index contributed by atoms with van der Waals surface area (Å²) in [6.45, 7) is 0.878. The van der Waals surface area contributed by atoms with E-state index in [9.17, 15) is 4.79 Å². The summed E-state index contributed by atoms with van der Waals surface area (Å²) in [5.41, 5.74) is 6.11. The normalized spacial score (nSPS) is 14.5.